The molecular weight excluding hydrogens is 340 g/mol. The Morgan fingerprint density at radius 3 is 2.52 bits per heavy atom. The Labute approximate surface area is 164 Å². The Morgan fingerprint density at radius 2 is 1.93 bits per heavy atom. The van der Waals surface area contributed by atoms with Gasteiger partial charge >= 0.3 is 0 Å². The Hall–Kier alpha value is -1.75. The van der Waals surface area contributed by atoms with Gasteiger partial charge in [-0.15, -0.1) is 0 Å². The topological polar surface area (TPSA) is 84.6 Å². The number of rotatable bonds is 13. The van der Waals surface area contributed by atoms with Gasteiger partial charge in [0.05, 0.1) is 13.2 Å². The predicted octanol–water partition coefficient (Wildman–Crippen LogP) is 4.02. The minimum absolute atomic E-state index is 0.0300. The fourth-order valence-corrected chi connectivity index (χ4v) is 3.26. The van der Waals surface area contributed by atoms with Crippen molar-refractivity contribution >= 4 is 5.91 Å². The lowest BCUT2D eigenvalue weighted by molar-refractivity contribution is -0.122. The molecule has 1 aromatic carbocycles. The highest BCUT2D eigenvalue weighted by Crippen LogP contribution is 2.30. The zero-order valence-electron chi connectivity index (χ0n) is 17.5. The maximum atomic E-state index is 11.9. The lowest BCUT2D eigenvalue weighted by Gasteiger charge is -2.21. The number of ether oxygens (including phenoxy) is 1. The van der Waals surface area contributed by atoms with Gasteiger partial charge in [0.15, 0.2) is 11.5 Å². The molecule has 0 fully saturated rings. The number of benzene rings is 1. The molecule has 1 aromatic rings. The lowest BCUT2D eigenvalue weighted by atomic mass is 9.85. The van der Waals surface area contributed by atoms with E-state index in [9.17, 15) is 9.90 Å². The van der Waals surface area contributed by atoms with Gasteiger partial charge in [0.1, 0.15) is 0 Å². The second-order valence-electron chi connectivity index (χ2n) is 7.75. The minimum atomic E-state index is -0.405. The molecule has 0 aliphatic carbocycles. The number of amides is 1. The van der Waals surface area contributed by atoms with Crippen molar-refractivity contribution in [2.75, 3.05) is 13.7 Å². The molecule has 27 heavy (non-hydrogen) atoms. The Bertz CT molecular complexity index is 560. The van der Waals surface area contributed by atoms with Crippen molar-refractivity contribution in [3.05, 3.63) is 23.8 Å². The van der Waals surface area contributed by atoms with Gasteiger partial charge in [-0.05, 0) is 55.2 Å². The Kier molecular flexibility index (Phi) is 10.9. The minimum Gasteiger partial charge on any atom is -0.504 e. The molecule has 5 heteroatoms. The molecule has 0 bridgehead atoms. The van der Waals surface area contributed by atoms with Gasteiger partial charge in [0.25, 0.3) is 0 Å². The zero-order chi connectivity index (χ0) is 20.2. The maximum Gasteiger partial charge on any atom is 0.236 e. The van der Waals surface area contributed by atoms with Crippen LogP contribution in [0.4, 0.5) is 0 Å². The number of phenols is 1. The first-order valence-electron chi connectivity index (χ1n) is 10.3. The van der Waals surface area contributed by atoms with Crippen molar-refractivity contribution in [2.24, 2.45) is 17.6 Å². The number of aromatic hydroxyl groups is 1. The van der Waals surface area contributed by atoms with E-state index in [-0.39, 0.29) is 11.7 Å². The third kappa shape index (κ3) is 8.65. The number of carbonyl (C=O) groups excluding carboxylic acids is 1. The van der Waals surface area contributed by atoms with Crippen LogP contribution in [0, 0.1) is 11.8 Å². The molecule has 4 N–H and O–H groups in total. The van der Waals surface area contributed by atoms with Gasteiger partial charge in [-0.1, -0.05) is 46.1 Å². The van der Waals surface area contributed by atoms with Crippen LogP contribution < -0.4 is 15.8 Å². The summed E-state index contributed by atoms with van der Waals surface area (Å²) >= 11 is 0. The van der Waals surface area contributed by atoms with Crippen LogP contribution in [0.5, 0.6) is 11.5 Å². The Balaban J connectivity index is 2.40. The van der Waals surface area contributed by atoms with Gasteiger partial charge in [0.2, 0.25) is 5.91 Å². The van der Waals surface area contributed by atoms with Crippen LogP contribution in [0.1, 0.15) is 64.9 Å². The molecule has 154 valence electrons. The van der Waals surface area contributed by atoms with Crippen LogP contribution in [0.2, 0.25) is 0 Å². The molecule has 1 rings (SSSR count). The molecule has 0 aliphatic heterocycles. The standard InChI is InChI=1S/C22H38N2O3/c1-5-6-13-24-22(26)19(23)10-8-7-9-18(16(2)3)14-17-11-12-21(27-4)20(25)15-17/h11-12,15-16,18-19,25H,5-10,13-14,23H2,1-4H3,(H,24,26)/t18-,19?/m0/s1. The Morgan fingerprint density at radius 1 is 1.22 bits per heavy atom. The predicted molar refractivity (Wildman–Crippen MR) is 111 cm³/mol. The smallest absolute Gasteiger partial charge is 0.236 e. The van der Waals surface area contributed by atoms with Crippen LogP contribution >= 0.6 is 0 Å². The number of phenolic OH excluding ortho intramolecular Hbond substituents is 1. The van der Waals surface area contributed by atoms with Crippen molar-refractivity contribution < 1.29 is 14.6 Å². The monoisotopic (exact) mass is 378 g/mol. The normalized spacial score (nSPS) is 13.4. The van der Waals surface area contributed by atoms with Crippen LogP contribution in [-0.4, -0.2) is 30.7 Å². The second-order valence-corrected chi connectivity index (χ2v) is 7.75. The van der Waals surface area contributed by atoms with Crippen LogP contribution in [-0.2, 0) is 11.2 Å². The average molecular weight is 379 g/mol. The van der Waals surface area contributed by atoms with Gasteiger partial charge in [-0.2, -0.15) is 0 Å². The molecule has 0 aromatic heterocycles. The number of nitrogens with one attached hydrogen (secondary N) is 1. The molecular formula is C22H38N2O3. The SMILES string of the molecule is CCCCNC(=O)C(N)CCCC[C@@H](Cc1ccc(OC)c(O)c1)C(C)C. The fourth-order valence-electron chi connectivity index (χ4n) is 3.26. The van der Waals surface area contributed by atoms with Gasteiger partial charge < -0.3 is 20.9 Å². The van der Waals surface area contributed by atoms with Crippen molar-refractivity contribution in [1.29, 1.82) is 0 Å². The first-order valence-corrected chi connectivity index (χ1v) is 10.3. The van der Waals surface area contributed by atoms with E-state index in [1.54, 1.807) is 13.2 Å². The molecule has 0 heterocycles. The molecule has 0 radical (unpaired) electrons. The van der Waals surface area contributed by atoms with E-state index < -0.39 is 6.04 Å². The van der Waals surface area contributed by atoms with E-state index in [1.165, 1.54) is 0 Å². The van der Waals surface area contributed by atoms with Gasteiger partial charge in [0, 0.05) is 6.54 Å². The molecule has 1 unspecified atom stereocenters. The van der Waals surface area contributed by atoms with Crippen molar-refractivity contribution in [3.8, 4) is 11.5 Å². The summed E-state index contributed by atoms with van der Waals surface area (Å²) in [4.78, 5) is 11.9. The molecule has 5 nitrogen and oxygen atoms in total. The highest BCUT2D eigenvalue weighted by molar-refractivity contribution is 5.81. The highest BCUT2D eigenvalue weighted by atomic mass is 16.5. The van der Waals surface area contributed by atoms with Crippen LogP contribution in [0.25, 0.3) is 0 Å². The average Bonchev–Trinajstić information content (AvgIpc) is 2.64. The van der Waals surface area contributed by atoms with E-state index in [0.29, 0.717) is 24.1 Å². The van der Waals surface area contributed by atoms with Gasteiger partial charge in [-0.3, -0.25) is 4.79 Å². The number of unbranched alkanes of at least 4 members (excludes halogenated alkanes) is 2. The fraction of sp³-hybridized carbons (Fsp3) is 0.682. The largest absolute Gasteiger partial charge is 0.504 e. The van der Waals surface area contributed by atoms with E-state index in [4.69, 9.17) is 10.5 Å². The summed E-state index contributed by atoms with van der Waals surface area (Å²) in [5, 5.41) is 12.9. The maximum absolute atomic E-state index is 11.9. The number of methoxy groups -OCH3 is 1. The molecule has 2 atom stereocenters. The van der Waals surface area contributed by atoms with Crippen LogP contribution in [0.3, 0.4) is 0 Å². The van der Waals surface area contributed by atoms with E-state index in [1.807, 2.05) is 12.1 Å². The summed E-state index contributed by atoms with van der Waals surface area (Å²) < 4.78 is 5.11. The van der Waals surface area contributed by atoms with Crippen molar-refractivity contribution in [1.82, 2.24) is 5.32 Å². The van der Waals surface area contributed by atoms with E-state index in [0.717, 1.165) is 50.5 Å². The second kappa shape index (κ2) is 12.6. The lowest BCUT2D eigenvalue weighted by Crippen LogP contribution is -2.40. The van der Waals surface area contributed by atoms with Crippen molar-refractivity contribution in [2.45, 2.75) is 71.8 Å². The van der Waals surface area contributed by atoms with E-state index >= 15 is 0 Å². The molecule has 0 aliphatic rings. The third-order valence-corrected chi connectivity index (χ3v) is 5.19. The highest BCUT2D eigenvalue weighted by Gasteiger charge is 2.16. The number of nitrogens with two attached hydrogens (primary N) is 1. The van der Waals surface area contributed by atoms with Gasteiger partial charge in [-0.25, -0.2) is 0 Å². The van der Waals surface area contributed by atoms with Crippen molar-refractivity contribution in [3.63, 3.8) is 0 Å². The molecule has 1 amide bonds. The first kappa shape index (κ1) is 23.3. The zero-order valence-corrected chi connectivity index (χ0v) is 17.5. The summed E-state index contributed by atoms with van der Waals surface area (Å²) in [5.74, 6) is 1.76. The first-order chi connectivity index (χ1) is 12.9. The van der Waals surface area contributed by atoms with Crippen LogP contribution in [0.15, 0.2) is 18.2 Å². The molecule has 0 spiro atoms. The summed E-state index contributed by atoms with van der Waals surface area (Å²) in [7, 11) is 1.56. The molecule has 0 saturated carbocycles. The molecule has 0 saturated heterocycles. The summed E-state index contributed by atoms with van der Waals surface area (Å²) in [6.07, 6.45) is 6.83. The number of hydrogen-bond acceptors (Lipinski definition) is 4. The number of hydrogen-bond donors (Lipinski definition) is 3. The number of carbonyl (C=O) groups is 1. The van der Waals surface area contributed by atoms with E-state index in [2.05, 4.69) is 26.1 Å². The summed E-state index contributed by atoms with van der Waals surface area (Å²) in [6, 6.07) is 5.23. The summed E-state index contributed by atoms with van der Waals surface area (Å²) in [6.45, 7) is 7.29. The quantitative estimate of drug-likeness (QED) is 0.453. The third-order valence-electron chi connectivity index (χ3n) is 5.19. The summed E-state index contributed by atoms with van der Waals surface area (Å²) in [5.41, 5.74) is 7.12.